The average Bonchev–Trinajstić information content (AvgIpc) is 2.78. The molecule has 7 nitrogen and oxygen atoms in total. The van der Waals surface area contributed by atoms with E-state index in [1.165, 1.54) is 0 Å². The molecular formula is C12H23IN6O. The third kappa shape index (κ3) is 6.22. The molecule has 0 saturated heterocycles. The van der Waals surface area contributed by atoms with Crippen molar-refractivity contribution in [3.63, 3.8) is 0 Å². The Balaban J connectivity index is 0.00000361. The molecule has 0 spiro atoms. The predicted octanol–water partition coefficient (Wildman–Crippen LogP) is 0.181. The molecule has 0 aliphatic heterocycles. The molecule has 2 N–H and O–H groups in total. The molecule has 0 atom stereocenters. The molecule has 1 aromatic rings. The van der Waals surface area contributed by atoms with Gasteiger partial charge in [-0.1, -0.05) is 0 Å². The van der Waals surface area contributed by atoms with Crippen LogP contribution in [0.5, 0.6) is 0 Å². The lowest BCUT2D eigenvalue weighted by Gasteiger charge is -2.13. The van der Waals surface area contributed by atoms with Crippen LogP contribution in [0.4, 0.5) is 0 Å². The third-order valence-electron chi connectivity index (χ3n) is 2.71. The van der Waals surface area contributed by atoms with Gasteiger partial charge in [-0.05, 0) is 6.07 Å². The number of rotatable bonds is 5. The Hall–Kier alpha value is -1.32. The van der Waals surface area contributed by atoms with Crippen molar-refractivity contribution in [2.24, 2.45) is 12.0 Å². The van der Waals surface area contributed by atoms with Crippen LogP contribution < -0.4 is 10.6 Å². The molecule has 0 aromatic carbocycles. The number of hydrogen-bond donors (Lipinski definition) is 2. The van der Waals surface area contributed by atoms with Gasteiger partial charge in [0.25, 0.3) is 0 Å². The normalized spacial score (nSPS) is 10.7. The summed E-state index contributed by atoms with van der Waals surface area (Å²) in [6.07, 6.45) is 2.20. The van der Waals surface area contributed by atoms with E-state index in [0.29, 0.717) is 25.5 Å². The van der Waals surface area contributed by atoms with Crippen molar-refractivity contribution in [2.75, 3.05) is 27.7 Å². The summed E-state index contributed by atoms with van der Waals surface area (Å²) in [5.74, 6) is 0.766. The summed E-state index contributed by atoms with van der Waals surface area (Å²) in [4.78, 5) is 17.1. The zero-order chi connectivity index (χ0) is 14.3. The molecule has 1 aromatic heterocycles. The number of nitrogens with one attached hydrogen (secondary N) is 2. The highest BCUT2D eigenvalue weighted by Crippen LogP contribution is 1.94. The van der Waals surface area contributed by atoms with Crippen molar-refractivity contribution in [1.82, 2.24) is 25.3 Å². The minimum atomic E-state index is 0. The van der Waals surface area contributed by atoms with Crippen molar-refractivity contribution >= 4 is 35.8 Å². The van der Waals surface area contributed by atoms with E-state index in [-0.39, 0.29) is 29.9 Å². The number of carbonyl (C=O) groups is 1. The number of aromatic nitrogens is 2. The molecular weight excluding hydrogens is 371 g/mol. The number of aryl methyl sites for hydroxylation is 1. The number of amides is 1. The van der Waals surface area contributed by atoms with Crippen LogP contribution in [-0.4, -0.2) is 54.2 Å². The van der Waals surface area contributed by atoms with Gasteiger partial charge in [-0.3, -0.25) is 14.5 Å². The maximum absolute atomic E-state index is 11.4. The van der Waals surface area contributed by atoms with Crippen molar-refractivity contribution < 1.29 is 4.79 Å². The second-order valence-electron chi connectivity index (χ2n) is 4.34. The van der Waals surface area contributed by atoms with E-state index in [2.05, 4.69) is 20.7 Å². The summed E-state index contributed by atoms with van der Waals surface area (Å²) in [7, 11) is 7.09. The maximum Gasteiger partial charge on any atom is 0.223 e. The van der Waals surface area contributed by atoms with E-state index in [4.69, 9.17) is 0 Å². The van der Waals surface area contributed by atoms with Crippen molar-refractivity contribution in [1.29, 1.82) is 0 Å². The van der Waals surface area contributed by atoms with Crippen LogP contribution in [-0.2, 0) is 18.4 Å². The average molecular weight is 394 g/mol. The fourth-order valence-electron chi connectivity index (χ4n) is 1.48. The number of guanidine groups is 1. The van der Waals surface area contributed by atoms with Crippen molar-refractivity contribution in [3.8, 4) is 0 Å². The summed E-state index contributed by atoms with van der Waals surface area (Å²) in [6.45, 7) is 1.19. The Kier molecular flexibility index (Phi) is 8.93. The lowest BCUT2D eigenvalue weighted by molar-refractivity contribution is -0.128. The molecule has 114 valence electrons. The van der Waals surface area contributed by atoms with Crippen LogP contribution in [0, 0.1) is 0 Å². The molecule has 1 heterocycles. The standard InChI is InChI=1S/C12H22N6O.HI/c1-13-12(14-7-6-11(19)17(2)3)15-9-10-5-8-16-18(10)4;/h5,8H,6-7,9H2,1-4H3,(H2,13,14,15);1H. The molecule has 0 fully saturated rings. The fourth-order valence-corrected chi connectivity index (χ4v) is 1.48. The molecule has 0 saturated carbocycles. The monoisotopic (exact) mass is 394 g/mol. The first-order chi connectivity index (χ1) is 9.04. The van der Waals surface area contributed by atoms with E-state index in [0.717, 1.165) is 5.69 Å². The summed E-state index contributed by atoms with van der Waals surface area (Å²) < 4.78 is 1.80. The van der Waals surface area contributed by atoms with Crippen LogP contribution in [0.3, 0.4) is 0 Å². The molecule has 8 heteroatoms. The minimum absolute atomic E-state index is 0. The van der Waals surface area contributed by atoms with Gasteiger partial charge in [-0.2, -0.15) is 5.10 Å². The van der Waals surface area contributed by atoms with Gasteiger partial charge in [0.2, 0.25) is 5.91 Å². The second kappa shape index (κ2) is 9.56. The minimum Gasteiger partial charge on any atom is -0.356 e. The SMILES string of the molecule is CN=C(NCCC(=O)N(C)C)NCc1ccnn1C.I. The summed E-state index contributed by atoms with van der Waals surface area (Å²) in [6, 6.07) is 1.94. The Bertz CT molecular complexity index is 443. The summed E-state index contributed by atoms with van der Waals surface area (Å²) >= 11 is 0. The van der Waals surface area contributed by atoms with Gasteiger partial charge in [-0.15, -0.1) is 24.0 Å². The van der Waals surface area contributed by atoms with Crippen LogP contribution in [0.2, 0.25) is 0 Å². The lowest BCUT2D eigenvalue weighted by Crippen LogP contribution is -2.39. The topological polar surface area (TPSA) is 74.6 Å². The smallest absolute Gasteiger partial charge is 0.223 e. The van der Waals surface area contributed by atoms with E-state index >= 15 is 0 Å². The first kappa shape index (κ1) is 18.7. The Morgan fingerprint density at radius 1 is 1.45 bits per heavy atom. The van der Waals surface area contributed by atoms with E-state index in [9.17, 15) is 4.79 Å². The molecule has 0 radical (unpaired) electrons. The molecule has 1 amide bonds. The number of carbonyl (C=O) groups excluding carboxylic acids is 1. The molecule has 0 aliphatic rings. The van der Waals surface area contributed by atoms with Crippen molar-refractivity contribution in [2.45, 2.75) is 13.0 Å². The van der Waals surface area contributed by atoms with Crippen LogP contribution in [0.1, 0.15) is 12.1 Å². The van der Waals surface area contributed by atoms with Crippen LogP contribution in [0.15, 0.2) is 17.3 Å². The lowest BCUT2D eigenvalue weighted by atomic mass is 10.4. The first-order valence-electron chi connectivity index (χ1n) is 6.16. The highest BCUT2D eigenvalue weighted by Gasteiger charge is 2.05. The van der Waals surface area contributed by atoms with E-state index < -0.39 is 0 Å². The van der Waals surface area contributed by atoms with Crippen LogP contribution in [0.25, 0.3) is 0 Å². The highest BCUT2D eigenvalue weighted by molar-refractivity contribution is 14.0. The number of hydrogen-bond acceptors (Lipinski definition) is 3. The van der Waals surface area contributed by atoms with Gasteiger partial charge < -0.3 is 15.5 Å². The fraction of sp³-hybridized carbons (Fsp3) is 0.583. The second-order valence-corrected chi connectivity index (χ2v) is 4.34. The van der Waals surface area contributed by atoms with E-state index in [1.807, 2.05) is 13.1 Å². The molecule has 0 unspecified atom stereocenters. The summed E-state index contributed by atoms with van der Waals surface area (Å²) in [5.41, 5.74) is 1.06. The molecule has 0 bridgehead atoms. The number of halogens is 1. The highest BCUT2D eigenvalue weighted by atomic mass is 127. The molecule has 1 rings (SSSR count). The molecule has 0 aliphatic carbocycles. The summed E-state index contributed by atoms with van der Waals surface area (Å²) in [5, 5.41) is 10.4. The Morgan fingerprint density at radius 2 is 2.15 bits per heavy atom. The van der Waals surface area contributed by atoms with Gasteiger partial charge in [0.15, 0.2) is 5.96 Å². The Morgan fingerprint density at radius 3 is 2.65 bits per heavy atom. The Labute approximate surface area is 136 Å². The van der Waals surface area contributed by atoms with Gasteiger partial charge in [-0.25, -0.2) is 0 Å². The predicted molar refractivity (Wildman–Crippen MR) is 90.1 cm³/mol. The van der Waals surface area contributed by atoms with Crippen LogP contribution >= 0.6 is 24.0 Å². The van der Waals surface area contributed by atoms with Gasteiger partial charge in [0.1, 0.15) is 0 Å². The number of aliphatic imine (C=N–C) groups is 1. The quantitative estimate of drug-likeness (QED) is 0.425. The zero-order valence-corrected chi connectivity index (χ0v) is 14.7. The van der Waals surface area contributed by atoms with Crippen molar-refractivity contribution in [3.05, 3.63) is 18.0 Å². The van der Waals surface area contributed by atoms with Gasteiger partial charge in [0, 0.05) is 47.4 Å². The van der Waals surface area contributed by atoms with Gasteiger partial charge in [0.05, 0.1) is 12.2 Å². The third-order valence-corrected chi connectivity index (χ3v) is 2.71. The van der Waals surface area contributed by atoms with E-state index in [1.54, 1.807) is 36.9 Å². The number of nitrogens with zero attached hydrogens (tertiary/aromatic N) is 4. The maximum atomic E-state index is 11.4. The molecule has 20 heavy (non-hydrogen) atoms. The largest absolute Gasteiger partial charge is 0.356 e. The van der Waals surface area contributed by atoms with Gasteiger partial charge >= 0.3 is 0 Å². The zero-order valence-electron chi connectivity index (χ0n) is 12.4. The first-order valence-corrected chi connectivity index (χ1v) is 6.16.